The third kappa shape index (κ3) is 3.00. The minimum absolute atomic E-state index is 0.488. The summed E-state index contributed by atoms with van der Waals surface area (Å²) < 4.78 is 11.6. The monoisotopic (exact) mass is 308 g/mol. The minimum atomic E-state index is 0.488. The molecule has 1 heterocycles. The zero-order valence-electron chi connectivity index (χ0n) is 9.89. The molecule has 0 bridgehead atoms. The predicted octanol–water partition coefficient (Wildman–Crippen LogP) is 3.37. The van der Waals surface area contributed by atoms with E-state index in [1.807, 2.05) is 24.3 Å². The van der Waals surface area contributed by atoms with Crippen molar-refractivity contribution in [1.82, 2.24) is 4.98 Å². The van der Waals surface area contributed by atoms with E-state index in [0.717, 1.165) is 10.0 Å². The second-order valence-corrected chi connectivity index (χ2v) is 4.58. The molecule has 5 heteroatoms. The number of hydrogen-bond acceptors (Lipinski definition) is 4. The topological polar surface area (TPSA) is 57.4 Å². The van der Waals surface area contributed by atoms with Gasteiger partial charge in [-0.3, -0.25) is 4.98 Å². The van der Waals surface area contributed by atoms with Crippen molar-refractivity contribution in [3.05, 3.63) is 46.7 Å². The molecule has 94 valence electrons. The summed E-state index contributed by atoms with van der Waals surface area (Å²) in [4.78, 5) is 3.96. The molecule has 2 N–H and O–H groups in total. The maximum Gasteiger partial charge on any atom is 0.167 e. The molecule has 0 amide bonds. The number of ether oxygens (including phenoxy) is 2. The summed E-state index contributed by atoms with van der Waals surface area (Å²) in [6.45, 7) is 0.546. The van der Waals surface area contributed by atoms with Gasteiger partial charge in [0, 0.05) is 13.3 Å². The van der Waals surface area contributed by atoms with Crippen LogP contribution in [0.2, 0.25) is 0 Å². The van der Waals surface area contributed by atoms with E-state index in [2.05, 4.69) is 20.9 Å². The first-order valence-electron chi connectivity index (χ1n) is 5.35. The van der Waals surface area contributed by atoms with E-state index in [9.17, 15) is 0 Å². The molecule has 0 aliphatic carbocycles. The molecule has 0 fully saturated rings. The highest BCUT2D eigenvalue weighted by Crippen LogP contribution is 2.34. The fourth-order valence-corrected chi connectivity index (χ4v) is 1.96. The Morgan fingerprint density at radius 2 is 2.17 bits per heavy atom. The number of anilines is 1. The molecule has 0 aliphatic heterocycles. The summed E-state index contributed by atoms with van der Waals surface area (Å²) in [5.74, 6) is 1.28. The standard InChI is InChI=1S/C13H13BrN2O2/c1-17-8-9-3-2-4-10(5-9)18-13-11(14)6-16-7-12(13)15/h2-7H,8,15H2,1H3. The van der Waals surface area contributed by atoms with Crippen molar-refractivity contribution in [3.8, 4) is 11.5 Å². The molecule has 0 radical (unpaired) electrons. The van der Waals surface area contributed by atoms with Crippen molar-refractivity contribution in [1.29, 1.82) is 0 Å². The first kappa shape index (κ1) is 12.9. The molecule has 0 saturated carbocycles. The van der Waals surface area contributed by atoms with Crippen LogP contribution in [0.5, 0.6) is 11.5 Å². The van der Waals surface area contributed by atoms with Gasteiger partial charge in [0.25, 0.3) is 0 Å². The molecule has 4 nitrogen and oxygen atoms in total. The van der Waals surface area contributed by atoms with Gasteiger partial charge in [0.1, 0.15) is 5.75 Å². The molecule has 0 aliphatic rings. The van der Waals surface area contributed by atoms with Crippen LogP contribution in [0.3, 0.4) is 0 Å². The zero-order valence-corrected chi connectivity index (χ0v) is 11.5. The maximum atomic E-state index is 5.82. The van der Waals surface area contributed by atoms with E-state index < -0.39 is 0 Å². The summed E-state index contributed by atoms with van der Waals surface area (Å²) in [6, 6.07) is 7.66. The van der Waals surface area contributed by atoms with Gasteiger partial charge in [0.15, 0.2) is 5.75 Å². The van der Waals surface area contributed by atoms with Crippen molar-refractivity contribution in [2.24, 2.45) is 0 Å². The van der Waals surface area contributed by atoms with Gasteiger partial charge in [-0.2, -0.15) is 0 Å². The predicted molar refractivity (Wildman–Crippen MR) is 73.6 cm³/mol. The van der Waals surface area contributed by atoms with Gasteiger partial charge in [-0.1, -0.05) is 12.1 Å². The fourth-order valence-electron chi connectivity index (χ4n) is 1.53. The van der Waals surface area contributed by atoms with E-state index in [0.29, 0.717) is 23.8 Å². The number of rotatable bonds is 4. The van der Waals surface area contributed by atoms with Crippen LogP contribution in [-0.2, 0) is 11.3 Å². The first-order valence-corrected chi connectivity index (χ1v) is 6.14. The Morgan fingerprint density at radius 1 is 1.33 bits per heavy atom. The number of hydrogen-bond donors (Lipinski definition) is 1. The second kappa shape index (κ2) is 5.84. The molecule has 1 aromatic carbocycles. The number of benzene rings is 1. The van der Waals surface area contributed by atoms with Crippen LogP contribution in [0.4, 0.5) is 5.69 Å². The maximum absolute atomic E-state index is 5.82. The molecule has 0 spiro atoms. The molecule has 2 rings (SSSR count). The van der Waals surface area contributed by atoms with Gasteiger partial charge in [-0.05, 0) is 33.6 Å². The summed E-state index contributed by atoms with van der Waals surface area (Å²) in [6.07, 6.45) is 3.20. The van der Waals surface area contributed by atoms with Crippen LogP contribution in [0.1, 0.15) is 5.56 Å². The Hall–Kier alpha value is -1.59. The number of methoxy groups -OCH3 is 1. The summed E-state index contributed by atoms with van der Waals surface area (Å²) >= 11 is 3.36. The van der Waals surface area contributed by atoms with Gasteiger partial charge in [0.2, 0.25) is 0 Å². The highest BCUT2D eigenvalue weighted by Gasteiger charge is 2.07. The van der Waals surface area contributed by atoms with Crippen molar-refractivity contribution < 1.29 is 9.47 Å². The molecule has 0 saturated heterocycles. The van der Waals surface area contributed by atoms with Crippen LogP contribution in [0.25, 0.3) is 0 Å². The number of aromatic nitrogens is 1. The molecular weight excluding hydrogens is 296 g/mol. The highest BCUT2D eigenvalue weighted by molar-refractivity contribution is 9.10. The van der Waals surface area contributed by atoms with Crippen molar-refractivity contribution in [2.75, 3.05) is 12.8 Å². The van der Waals surface area contributed by atoms with E-state index >= 15 is 0 Å². The lowest BCUT2D eigenvalue weighted by molar-refractivity contribution is 0.184. The Bertz CT molecular complexity index is 526. The molecule has 18 heavy (non-hydrogen) atoms. The van der Waals surface area contributed by atoms with E-state index in [1.54, 1.807) is 19.5 Å². The number of nitrogens with two attached hydrogens (primary N) is 1. The number of nitrogens with zero attached hydrogens (tertiary/aromatic N) is 1. The smallest absolute Gasteiger partial charge is 0.167 e. The SMILES string of the molecule is COCc1cccc(Oc2c(N)cncc2Br)c1. The quantitative estimate of drug-likeness (QED) is 0.941. The van der Waals surface area contributed by atoms with Gasteiger partial charge in [0.05, 0.1) is 23.0 Å². The third-order valence-corrected chi connectivity index (χ3v) is 2.87. The summed E-state index contributed by atoms with van der Waals surface area (Å²) in [5.41, 5.74) is 7.35. The minimum Gasteiger partial charge on any atom is -0.454 e. The lowest BCUT2D eigenvalue weighted by atomic mass is 10.2. The lowest BCUT2D eigenvalue weighted by Crippen LogP contribution is -1.95. The van der Waals surface area contributed by atoms with Crippen molar-refractivity contribution in [3.63, 3.8) is 0 Å². The highest BCUT2D eigenvalue weighted by atomic mass is 79.9. The van der Waals surface area contributed by atoms with Crippen LogP contribution in [0, 0.1) is 0 Å². The normalized spacial score (nSPS) is 10.3. The van der Waals surface area contributed by atoms with Crippen molar-refractivity contribution >= 4 is 21.6 Å². The van der Waals surface area contributed by atoms with E-state index in [-0.39, 0.29) is 0 Å². The van der Waals surface area contributed by atoms with Gasteiger partial charge in [-0.15, -0.1) is 0 Å². The van der Waals surface area contributed by atoms with Crippen LogP contribution in [0.15, 0.2) is 41.1 Å². The largest absolute Gasteiger partial charge is 0.454 e. The summed E-state index contributed by atoms with van der Waals surface area (Å²) in [5, 5.41) is 0. The number of halogens is 1. The van der Waals surface area contributed by atoms with Crippen LogP contribution < -0.4 is 10.5 Å². The van der Waals surface area contributed by atoms with E-state index in [4.69, 9.17) is 15.2 Å². The Morgan fingerprint density at radius 3 is 2.89 bits per heavy atom. The second-order valence-electron chi connectivity index (χ2n) is 3.72. The first-order chi connectivity index (χ1) is 8.70. The fraction of sp³-hybridized carbons (Fsp3) is 0.154. The Labute approximate surface area is 114 Å². The Kier molecular flexibility index (Phi) is 4.17. The number of nitrogen functional groups attached to an aromatic ring is 1. The van der Waals surface area contributed by atoms with Gasteiger partial charge in [-0.25, -0.2) is 0 Å². The molecule has 0 atom stereocenters. The molecule has 1 aromatic heterocycles. The van der Waals surface area contributed by atoms with Gasteiger partial charge >= 0.3 is 0 Å². The average molecular weight is 309 g/mol. The average Bonchev–Trinajstić information content (AvgIpc) is 2.35. The lowest BCUT2D eigenvalue weighted by Gasteiger charge is -2.10. The zero-order chi connectivity index (χ0) is 13.0. The molecular formula is C13H13BrN2O2. The Balaban J connectivity index is 2.26. The van der Waals surface area contributed by atoms with Gasteiger partial charge < -0.3 is 15.2 Å². The van der Waals surface area contributed by atoms with E-state index in [1.165, 1.54) is 0 Å². The molecule has 2 aromatic rings. The number of pyridine rings is 1. The van der Waals surface area contributed by atoms with Crippen LogP contribution >= 0.6 is 15.9 Å². The molecule has 0 unspecified atom stereocenters. The van der Waals surface area contributed by atoms with Crippen LogP contribution in [-0.4, -0.2) is 12.1 Å². The van der Waals surface area contributed by atoms with Crippen molar-refractivity contribution in [2.45, 2.75) is 6.61 Å². The summed E-state index contributed by atoms with van der Waals surface area (Å²) in [7, 11) is 1.66. The third-order valence-electron chi connectivity index (χ3n) is 2.31.